The quantitative estimate of drug-likeness (QED) is 0.0528. The van der Waals surface area contributed by atoms with Gasteiger partial charge in [-0.1, -0.05) is 24.3 Å². The van der Waals surface area contributed by atoms with Crippen molar-refractivity contribution in [1.82, 2.24) is 9.88 Å². The number of hydrogen-bond acceptors (Lipinski definition) is 18. The number of nitrogens with one attached hydrogen (secondary N) is 8. The van der Waals surface area contributed by atoms with E-state index >= 15 is 0 Å². The number of carbonyl (C=O) groups is 2. The summed E-state index contributed by atoms with van der Waals surface area (Å²) in [5.41, 5.74) is 13.7. The largest absolute Gasteiger partial charge is 0.491 e. The maximum Gasteiger partial charge on any atom is 0.271 e. The average molecular weight is 1220 g/mol. The molecule has 5 aromatic carbocycles. The first kappa shape index (κ1) is 65.5. The molecule has 6 aromatic rings. The Kier molecular flexibility index (Phi) is 23.1. The number of pyridine rings is 1. The van der Waals surface area contributed by atoms with E-state index in [-0.39, 0.29) is 35.8 Å². The predicted octanol–water partition coefficient (Wildman–Crippen LogP) is 6.48. The first-order valence-electron chi connectivity index (χ1n) is 28.4. The van der Waals surface area contributed by atoms with E-state index in [0.717, 1.165) is 111 Å². The Morgan fingerprint density at radius 2 is 1.33 bits per heavy atom. The summed E-state index contributed by atoms with van der Waals surface area (Å²) >= 11 is 0. The number of carbonyl (C=O) groups excluding carboxylic acids is 2. The van der Waals surface area contributed by atoms with Crippen molar-refractivity contribution < 1.29 is 45.7 Å². The lowest BCUT2D eigenvalue weighted by molar-refractivity contribution is -0.121. The number of amides is 2. The van der Waals surface area contributed by atoms with Crippen molar-refractivity contribution in [2.24, 2.45) is 0 Å². The molecule has 0 aliphatic carbocycles. The molecule has 5 aliphatic heterocycles. The molecule has 9 N–H and O–H groups in total. The molecule has 1 atom stereocenters. The number of aromatic nitrogens is 1. The number of ether oxygens (including phenoxy) is 3. The second-order valence-corrected chi connectivity index (χ2v) is 24.6. The average Bonchev–Trinajstić information content (AvgIpc) is 2.33. The topological polar surface area (TPSA) is 280 Å². The van der Waals surface area contributed by atoms with Gasteiger partial charge >= 0.3 is 0 Å². The lowest BCUT2D eigenvalue weighted by Gasteiger charge is -2.31. The molecular weight excluding hydrogens is 1140 g/mol. The molecule has 23 nitrogen and oxygen atoms in total. The highest BCUT2D eigenvalue weighted by atomic mass is 32.2. The van der Waals surface area contributed by atoms with Crippen molar-refractivity contribution in [3.05, 3.63) is 129 Å². The minimum Gasteiger partial charge on any atom is -0.491 e. The fourth-order valence-electron chi connectivity index (χ4n) is 9.89. The maximum atomic E-state index is 12.2. The van der Waals surface area contributed by atoms with Crippen LogP contribution in [0.25, 0.3) is 17.0 Å². The molecule has 86 heavy (non-hydrogen) atoms. The number of aliphatic hydroxyl groups is 1. The number of morpholine rings is 1. The van der Waals surface area contributed by atoms with Gasteiger partial charge in [0.1, 0.15) is 11.4 Å². The van der Waals surface area contributed by atoms with E-state index in [2.05, 4.69) is 53.2 Å². The third-order valence-electron chi connectivity index (χ3n) is 15.2. The normalized spacial score (nSPS) is 16.6. The zero-order valence-corrected chi connectivity index (χ0v) is 52.1. The molecule has 0 radical (unpaired) electrons. The number of hydrogen-bond donors (Lipinski definition) is 9. The number of methoxy groups -OCH3 is 1. The van der Waals surface area contributed by atoms with E-state index in [4.69, 9.17) is 19.3 Å². The number of fused-ring (bicyclic) bond motifs is 5. The summed E-state index contributed by atoms with van der Waals surface area (Å²) < 4.78 is 65.1. The summed E-state index contributed by atoms with van der Waals surface area (Å²) in [6.07, 6.45) is 4.78. The molecule has 0 spiro atoms. The van der Waals surface area contributed by atoms with Gasteiger partial charge in [0.15, 0.2) is 0 Å². The Hall–Kier alpha value is -8.07. The summed E-state index contributed by atoms with van der Waals surface area (Å²) in [7, 11) is 9.61. The number of likely N-dealkylation sites (N-methyl/N-ethyl adjacent to an activating group) is 1. The van der Waals surface area contributed by atoms with Crippen LogP contribution in [0.4, 0.5) is 56.9 Å². The van der Waals surface area contributed by atoms with Gasteiger partial charge in [0.2, 0.25) is 21.8 Å². The second-order valence-electron chi connectivity index (χ2n) is 20.6. The van der Waals surface area contributed by atoms with Crippen LogP contribution < -0.4 is 61.0 Å². The van der Waals surface area contributed by atoms with Crippen LogP contribution in [0.3, 0.4) is 0 Å². The zero-order chi connectivity index (χ0) is 62.1. The van der Waals surface area contributed by atoms with Crippen molar-refractivity contribution in [2.75, 3.05) is 173 Å². The smallest absolute Gasteiger partial charge is 0.271 e. The summed E-state index contributed by atoms with van der Waals surface area (Å²) in [6, 6.07) is 29.2. The van der Waals surface area contributed by atoms with Gasteiger partial charge in [-0.2, -0.15) is 0 Å². The van der Waals surface area contributed by atoms with Crippen LogP contribution in [0.15, 0.2) is 101 Å². The molecule has 5 aliphatic rings. The summed E-state index contributed by atoms with van der Waals surface area (Å²) in [5, 5.41) is 32.1. The minimum atomic E-state index is -3.27. The summed E-state index contributed by atoms with van der Waals surface area (Å²) in [4.78, 5) is 42.8. The van der Waals surface area contributed by atoms with Gasteiger partial charge < -0.3 is 66.4 Å². The SMILES string of the molecule is CNc1cc2c(c(OCCCO)c1)NC(=O)CC2.CNc1ccc2c(c1)N(C)S(=O)(=O)C=C2.CNc1ccc2c(c1)N(C)S(=O)(=O)CC2.CNc1ccc2c(c1)NC(=O)C(N(C)CCOC)C2.CNc1ccc2cc(N3CCOCC3)c(=O)[nH]c2c1. The summed E-state index contributed by atoms with van der Waals surface area (Å²) in [6.45, 7) is 4.80. The number of nitrogens with zero attached hydrogens (tertiary/aromatic N) is 4. The third kappa shape index (κ3) is 16.7. The van der Waals surface area contributed by atoms with Gasteiger partial charge in [-0.25, -0.2) is 16.8 Å². The van der Waals surface area contributed by atoms with Crippen LogP contribution in [0.1, 0.15) is 35.1 Å². The van der Waals surface area contributed by atoms with E-state index in [1.54, 1.807) is 34.3 Å². The molecule has 1 unspecified atom stereocenters. The number of aliphatic hydroxyl groups excluding tert-OH is 1. The Bertz CT molecular complexity index is 3650. The van der Waals surface area contributed by atoms with E-state index in [1.165, 1.54) is 19.6 Å². The molecule has 25 heteroatoms. The molecule has 1 fully saturated rings. The highest BCUT2D eigenvalue weighted by molar-refractivity contribution is 7.95. The van der Waals surface area contributed by atoms with E-state index in [9.17, 15) is 31.2 Å². The second kappa shape index (κ2) is 30.3. The number of H-pyrrole nitrogens is 1. The number of aryl methyl sites for hydroxylation is 2. The molecule has 6 heterocycles. The van der Waals surface area contributed by atoms with Crippen LogP contribution in [0.2, 0.25) is 0 Å². The van der Waals surface area contributed by atoms with Crippen LogP contribution in [-0.4, -0.2) is 172 Å². The Morgan fingerprint density at radius 3 is 2.00 bits per heavy atom. The first-order chi connectivity index (χ1) is 41.3. The number of rotatable bonds is 14. The molecule has 0 saturated carbocycles. The Morgan fingerprint density at radius 1 is 0.686 bits per heavy atom. The summed E-state index contributed by atoms with van der Waals surface area (Å²) in [5.74, 6) is 0.944. The lowest BCUT2D eigenvalue weighted by Crippen LogP contribution is -2.47. The number of aromatic amines is 1. The monoisotopic (exact) mass is 1220 g/mol. The fraction of sp³-hybridized carbons (Fsp3) is 0.393. The van der Waals surface area contributed by atoms with Crippen molar-refractivity contribution in [2.45, 2.75) is 38.1 Å². The lowest BCUT2D eigenvalue weighted by atomic mass is 9.97. The van der Waals surface area contributed by atoms with Gasteiger partial charge in [-0.15, -0.1) is 0 Å². The zero-order valence-electron chi connectivity index (χ0n) is 50.4. The highest BCUT2D eigenvalue weighted by Gasteiger charge is 2.30. The van der Waals surface area contributed by atoms with Crippen LogP contribution in [0.5, 0.6) is 5.75 Å². The predicted molar refractivity (Wildman–Crippen MR) is 348 cm³/mol. The number of benzene rings is 5. The third-order valence-corrected chi connectivity index (χ3v) is 18.3. The number of anilines is 10. The van der Waals surface area contributed by atoms with Crippen molar-refractivity contribution in [1.29, 1.82) is 0 Å². The standard InChI is InChI=1S/C14H17N3O2.C14H21N3O2.C13H18N2O3.C10H14N2O2S.C10H12N2O2S/c1-15-11-3-2-10-8-13(14(18)16-12(10)9-11)17-4-6-19-7-5-17;1-15-11-5-4-10-8-13(17(2)6-7-19-3)14(18)16-12(10)9-11;1-14-10-7-9-3-4-12(17)15-13(9)11(8-10)18-6-2-5-16;2*1-11-9-4-3-8-5-6-15(13,14)12(2)10(8)7-9/h2-3,8-9,15H,4-7H2,1H3,(H,16,18);4-5,9,13,15H,6-8H2,1-3H3,(H,16,18);7-8,14,16H,2-6H2,1H3,(H,15,17);3-4,7,11H,5-6H2,1-2H3;3-7,11H,1-2H3. The molecular formula is C61H82N12O11S2. The molecule has 11 rings (SSSR count). The molecule has 1 saturated heterocycles. The Balaban J connectivity index is 0.000000154. The van der Waals surface area contributed by atoms with Gasteiger partial charge in [0, 0.05) is 141 Å². The van der Waals surface area contributed by atoms with Crippen LogP contribution in [0, 0.1) is 0 Å². The van der Waals surface area contributed by atoms with Gasteiger partial charge in [0.05, 0.1) is 66.2 Å². The van der Waals surface area contributed by atoms with E-state index in [1.807, 2.05) is 125 Å². The van der Waals surface area contributed by atoms with Crippen molar-refractivity contribution >= 4 is 106 Å². The molecule has 464 valence electrons. The van der Waals surface area contributed by atoms with Crippen LogP contribution >= 0.6 is 0 Å². The minimum absolute atomic E-state index is 0.0201. The fourth-order valence-corrected chi connectivity index (χ4v) is 12.0. The molecule has 0 bridgehead atoms. The van der Waals surface area contributed by atoms with E-state index in [0.29, 0.717) is 57.1 Å². The van der Waals surface area contributed by atoms with Gasteiger partial charge in [0.25, 0.3) is 15.6 Å². The van der Waals surface area contributed by atoms with Gasteiger partial charge in [-0.05, 0) is 115 Å². The van der Waals surface area contributed by atoms with E-state index < -0.39 is 20.0 Å². The van der Waals surface area contributed by atoms with Gasteiger partial charge in [-0.3, -0.25) is 27.9 Å². The number of sulfonamides is 2. The Labute approximate surface area is 504 Å². The van der Waals surface area contributed by atoms with Crippen molar-refractivity contribution in [3.63, 3.8) is 0 Å². The first-order valence-corrected chi connectivity index (χ1v) is 31.5. The highest BCUT2D eigenvalue weighted by Crippen LogP contribution is 2.37. The van der Waals surface area contributed by atoms with Crippen LogP contribution in [-0.2, 0) is 58.4 Å². The van der Waals surface area contributed by atoms with Crippen molar-refractivity contribution in [3.8, 4) is 5.75 Å². The maximum absolute atomic E-state index is 12.2. The molecule has 1 aromatic heterocycles. The molecule has 2 amide bonds.